The minimum atomic E-state index is -2.17. The zero-order valence-corrected chi connectivity index (χ0v) is 23.2. The molecule has 0 N–H and O–H groups in total. The van der Waals surface area contributed by atoms with Gasteiger partial charge in [0, 0.05) is 0 Å². The summed E-state index contributed by atoms with van der Waals surface area (Å²) < 4.78 is 0. The molecular weight excluding hydrogens is 487 g/mol. The van der Waals surface area contributed by atoms with E-state index in [1.165, 1.54) is 72.8 Å². The van der Waals surface area contributed by atoms with Gasteiger partial charge in [0.1, 0.15) is 0 Å². The monoisotopic (exact) mass is 520 g/mol. The Morgan fingerprint density at radius 2 is 0.872 bits per heavy atom. The van der Waals surface area contributed by atoms with Crippen molar-refractivity contribution >= 4 is 55.5 Å². The van der Waals surface area contributed by atoms with Crippen LogP contribution < -0.4 is 15.9 Å². The van der Waals surface area contributed by atoms with Crippen molar-refractivity contribution in [3.63, 3.8) is 0 Å². The van der Waals surface area contributed by atoms with E-state index in [0.717, 1.165) is 6.42 Å². The molecule has 0 radical (unpaired) electrons. The molecule has 7 aromatic rings. The molecule has 1 heteroatoms. The van der Waals surface area contributed by atoms with Gasteiger partial charge >= 0.3 is 232 Å². The molecule has 7 rings (SSSR count). The number of hydrogen-bond donors (Lipinski definition) is 0. The molecule has 0 nitrogen and oxygen atoms in total. The second-order valence-corrected chi connectivity index (χ2v) is 14.8. The number of benzene rings is 7. The number of aryl methyl sites for hydroxylation is 1. The van der Waals surface area contributed by atoms with Gasteiger partial charge in [-0.05, 0) is 0 Å². The van der Waals surface area contributed by atoms with Gasteiger partial charge in [0.05, 0.1) is 0 Å². The predicted molar refractivity (Wildman–Crippen MR) is 174 cm³/mol. The van der Waals surface area contributed by atoms with Gasteiger partial charge in [-0.2, -0.15) is 0 Å². The third-order valence-corrected chi connectivity index (χ3v) is 13.7. The van der Waals surface area contributed by atoms with Gasteiger partial charge < -0.3 is 0 Å². The van der Waals surface area contributed by atoms with Crippen molar-refractivity contribution in [2.75, 3.05) is 6.16 Å². The first-order chi connectivity index (χ1) is 19.3. The fraction of sp³-hybridized carbons (Fsp3) is 0.105. The van der Waals surface area contributed by atoms with Crippen molar-refractivity contribution in [3.8, 4) is 0 Å². The maximum absolute atomic E-state index is 2.37. The summed E-state index contributed by atoms with van der Waals surface area (Å²) in [4.78, 5) is 0. The summed E-state index contributed by atoms with van der Waals surface area (Å²) >= 11 is 0. The molecular formula is C38H33P. The normalized spacial score (nSPS) is 12.4. The second kappa shape index (κ2) is 10.3. The molecule has 190 valence electrons. The Morgan fingerprint density at radius 1 is 0.385 bits per heavy atom. The molecule has 0 spiro atoms. The van der Waals surface area contributed by atoms with Gasteiger partial charge in [0.2, 0.25) is 0 Å². The van der Waals surface area contributed by atoms with Gasteiger partial charge in [-0.3, -0.25) is 0 Å². The third kappa shape index (κ3) is 4.21. The third-order valence-electron chi connectivity index (χ3n) is 8.67. The summed E-state index contributed by atoms with van der Waals surface area (Å²) in [6.07, 6.45) is 4.70. The zero-order chi connectivity index (χ0) is 26.1. The maximum atomic E-state index is 2.37. The van der Waals surface area contributed by atoms with Crippen molar-refractivity contribution in [3.05, 3.63) is 151 Å². The first-order valence-corrected chi connectivity index (χ1v) is 16.4. The van der Waals surface area contributed by atoms with Gasteiger partial charge in [0.25, 0.3) is 0 Å². The molecule has 0 fully saturated rings. The van der Waals surface area contributed by atoms with E-state index in [4.69, 9.17) is 0 Å². The molecule has 0 aromatic heterocycles. The van der Waals surface area contributed by atoms with Crippen LogP contribution in [0.1, 0.15) is 18.4 Å². The van der Waals surface area contributed by atoms with E-state index in [0.29, 0.717) is 0 Å². The van der Waals surface area contributed by atoms with Crippen LogP contribution in [-0.2, 0) is 6.42 Å². The topological polar surface area (TPSA) is 0 Å². The molecule has 0 saturated heterocycles. The molecule has 0 aliphatic rings. The van der Waals surface area contributed by atoms with Crippen molar-refractivity contribution in [2.45, 2.75) is 19.3 Å². The Hall–Kier alpha value is -3.99. The summed E-state index contributed by atoms with van der Waals surface area (Å²) in [6.45, 7) is 0. The average molecular weight is 521 g/mol. The number of hydrogen-bond acceptors (Lipinski definition) is 0. The molecule has 0 unspecified atom stereocenters. The van der Waals surface area contributed by atoms with Gasteiger partial charge in [0.15, 0.2) is 0 Å². The van der Waals surface area contributed by atoms with Gasteiger partial charge in [-0.25, -0.2) is 0 Å². The van der Waals surface area contributed by atoms with Gasteiger partial charge in [-0.1, -0.05) is 0 Å². The molecule has 0 saturated carbocycles. The molecule has 0 amide bonds. The summed E-state index contributed by atoms with van der Waals surface area (Å²) in [5.41, 5.74) is 1.48. The van der Waals surface area contributed by atoms with Crippen LogP contribution in [0, 0.1) is 0 Å². The van der Waals surface area contributed by atoms with Crippen LogP contribution in [0.2, 0.25) is 0 Å². The molecule has 0 heterocycles. The predicted octanol–water partition coefficient (Wildman–Crippen LogP) is 8.63. The van der Waals surface area contributed by atoms with E-state index in [2.05, 4.69) is 146 Å². The Bertz CT molecular complexity index is 1730. The molecule has 0 aliphatic carbocycles. The van der Waals surface area contributed by atoms with Crippen molar-refractivity contribution in [1.82, 2.24) is 0 Å². The van der Waals surface area contributed by atoms with E-state index < -0.39 is 7.26 Å². The molecule has 0 bridgehead atoms. The molecule has 0 aliphatic heterocycles. The Labute approximate surface area is 231 Å². The number of unbranched alkanes of at least 4 members (excludes halogenated alkanes) is 1. The van der Waals surface area contributed by atoms with E-state index >= 15 is 0 Å². The quantitative estimate of drug-likeness (QED) is 0.107. The van der Waals surface area contributed by atoms with Crippen LogP contribution in [0.4, 0.5) is 0 Å². The van der Waals surface area contributed by atoms with Crippen molar-refractivity contribution in [1.29, 1.82) is 0 Å². The summed E-state index contributed by atoms with van der Waals surface area (Å²) in [5.74, 6) is 0. The summed E-state index contributed by atoms with van der Waals surface area (Å²) in [5, 5.41) is 12.8. The van der Waals surface area contributed by atoms with Crippen LogP contribution in [-0.4, -0.2) is 6.16 Å². The van der Waals surface area contributed by atoms with Crippen molar-refractivity contribution in [2.24, 2.45) is 0 Å². The fourth-order valence-electron chi connectivity index (χ4n) is 6.82. The van der Waals surface area contributed by atoms with E-state index in [-0.39, 0.29) is 0 Å². The SMILES string of the molecule is c1ccc([PH](CCCCc2ccc3ccc4cccc5ccc2c3c45)(c2ccccc2)c2ccccc2)cc1. The van der Waals surface area contributed by atoms with Crippen LogP contribution >= 0.6 is 7.26 Å². The first-order valence-electron chi connectivity index (χ1n) is 14.2. The van der Waals surface area contributed by atoms with Gasteiger partial charge in [-0.15, -0.1) is 0 Å². The fourth-order valence-corrected chi connectivity index (χ4v) is 11.8. The molecule has 39 heavy (non-hydrogen) atoms. The average Bonchev–Trinajstić information content (AvgIpc) is 3.02. The van der Waals surface area contributed by atoms with Crippen LogP contribution in [0.15, 0.2) is 146 Å². The summed E-state index contributed by atoms with van der Waals surface area (Å²) in [7, 11) is -2.17. The minimum absolute atomic E-state index is 1.11. The summed E-state index contributed by atoms with van der Waals surface area (Å²) in [6, 6.07) is 54.5. The number of rotatable bonds is 8. The molecule has 7 aromatic carbocycles. The van der Waals surface area contributed by atoms with E-state index in [9.17, 15) is 0 Å². The van der Waals surface area contributed by atoms with E-state index in [1.807, 2.05) is 0 Å². The van der Waals surface area contributed by atoms with Crippen LogP contribution in [0.25, 0.3) is 32.3 Å². The van der Waals surface area contributed by atoms with Crippen LogP contribution in [0.3, 0.4) is 0 Å². The van der Waals surface area contributed by atoms with Crippen LogP contribution in [0.5, 0.6) is 0 Å². The first kappa shape index (κ1) is 24.1. The zero-order valence-electron chi connectivity index (χ0n) is 22.2. The molecule has 0 atom stereocenters. The Kier molecular flexibility index (Phi) is 6.35. The Morgan fingerprint density at radius 3 is 1.44 bits per heavy atom. The Balaban J connectivity index is 1.23. The standard InChI is InChI=1S/C38H33P/c1-4-16-33(17-5-1)39(34-18-6-2-7-19-34,35-20-8-3-9-21-35)28-11-10-13-29-22-23-32-25-24-30-14-12-15-31-26-27-36(29)38(32)37(30)31/h1-9,12,14-27,39H,10-11,13,28H2. The second-order valence-electron chi connectivity index (χ2n) is 10.8. The van der Waals surface area contributed by atoms with E-state index in [1.54, 1.807) is 0 Å². The van der Waals surface area contributed by atoms with Crippen molar-refractivity contribution < 1.29 is 0 Å².